The Labute approximate surface area is 169 Å². The van der Waals surface area contributed by atoms with Crippen LogP contribution in [0.25, 0.3) is 0 Å². The van der Waals surface area contributed by atoms with Crippen LogP contribution >= 0.6 is 43.5 Å². The molecule has 128 valence electrons. The van der Waals surface area contributed by atoms with Crippen molar-refractivity contribution >= 4 is 49.1 Å². The molecule has 0 aliphatic rings. The maximum Gasteiger partial charge on any atom is 0.139 e. The lowest BCUT2D eigenvalue weighted by Gasteiger charge is -2.16. The molecule has 0 saturated heterocycles. The van der Waals surface area contributed by atoms with Gasteiger partial charge in [0.25, 0.3) is 0 Å². The van der Waals surface area contributed by atoms with Gasteiger partial charge in [-0.25, -0.2) is 0 Å². The van der Waals surface area contributed by atoms with Crippen molar-refractivity contribution in [2.75, 3.05) is 5.32 Å². The summed E-state index contributed by atoms with van der Waals surface area (Å²) in [5.74, 6) is 0.812. The Morgan fingerprint density at radius 2 is 1.60 bits per heavy atom. The first-order valence-electron chi connectivity index (χ1n) is 7.76. The molecule has 0 amide bonds. The van der Waals surface area contributed by atoms with Crippen LogP contribution in [-0.4, -0.2) is 0 Å². The van der Waals surface area contributed by atoms with E-state index in [2.05, 4.69) is 43.2 Å². The number of benzene rings is 3. The smallest absolute Gasteiger partial charge is 0.139 e. The molecule has 2 nitrogen and oxygen atoms in total. The van der Waals surface area contributed by atoms with Crippen molar-refractivity contribution < 1.29 is 4.74 Å². The van der Waals surface area contributed by atoms with E-state index >= 15 is 0 Å². The highest BCUT2D eigenvalue weighted by molar-refractivity contribution is 9.11. The van der Waals surface area contributed by atoms with Gasteiger partial charge >= 0.3 is 0 Å². The zero-order valence-corrected chi connectivity index (χ0v) is 17.2. The first-order valence-corrected chi connectivity index (χ1v) is 9.73. The van der Waals surface area contributed by atoms with Gasteiger partial charge in [-0.1, -0.05) is 63.9 Å². The van der Waals surface area contributed by atoms with Gasteiger partial charge in [0, 0.05) is 32.9 Å². The third-order valence-electron chi connectivity index (χ3n) is 3.67. The summed E-state index contributed by atoms with van der Waals surface area (Å²) in [5, 5.41) is 4.13. The number of para-hydroxylation sites is 1. The fourth-order valence-electron chi connectivity index (χ4n) is 2.43. The Bertz CT molecular complexity index is 856. The number of rotatable bonds is 6. The predicted octanol–water partition coefficient (Wildman–Crippen LogP) is 7.06. The minimum Gasteiger partial charge on any atom is -0.487 e. The summed E-state index contributed by atoms with van der Waals surface area (Å²) in [7, 11) is 0. The van der Waals surface area contributed by atoms with E-state index in [9.17, 15) is 0 Å². The summed E-state index contributed by atoms with van der Waals surface area (Å²) >= 11 is 13.4. The fraction of sp³-hybridized carbons (Fsp3) is 0.100. The Kier molecular flexibility index (Phi) is 6.40. The van der Waals surface area contributed by atoms with Crippen molar-refractivity contribution in [2.24, 2.45) is 0 Å². The van der Waals surface area contributed by atoms with E-state index in [1.165, 1.54) is 0 Å². The Morgan fingerprint density at radius 3 is 2.36 bits per heavy atom. The lowest BCUT2D eigenvalue weighted by Crippen LogP contribution is -2.05. The molecule has 0 atom stereocenters. The largest absolute Gasteiger partial charge is 0.487 e. The molecule has 0 bridgehead atoms. The molecule has 0 aliphatic carbocycles. The highest BCUT2D eigenvalue weighted by Gasteiger charge is 2.11. The number of nitrogens with one attached hydrogen (secondary N) is 1. The van der Waals surface area contributed by atoms with E-state index < -0.39 is 0 Å². The van der Waals surface area contributed by atoms with Crippen molar-refractivity contribution in [3.63, 3.8) is 0 Å². The average Bonchev–Trinajstić information content (AvgIpc) is 2.61. The zero-order chi connectivity index (χ0) is 17.6. The topological polar surface area (TPSA) is 21.3 Å². The quantitative estimate of drug-likeness (QED) is 0.407. The third-order valence-corrected chi connectivity index (χ3v) is 5.09. The Balaban J connectivity index is 1.79. The van der Waals surface area contributed by atoms with E-state index in [1.807, 2.05) is 60.7 Å². The minimum atomic E-state index is 0.415. The average molecular weight is 482 g/mol. The molecule has 0 heterocycles. The molecule has 25 heavy (non-hydrogen) atoms. The summed E-state index contributed by atoms with van der Waals surface area (Å²) in [6.45, 7) is 1.07. The molecule has 0 saturated carbocycles. The van der Waals surface area contributed by atoms with Crippen LogP contribution in [0, 0.1) is 0 Å². The highest BCUT2D eigenvalue weighted by atomic mass is 79.9. The van der Waals surface area contributed by atoms with E-state index in [4.69, 9.17) is 16.3 Å². The molecule has 0 fully saturated rings. The summed E-state index contributed by atoms with van der Waals surface area (Å²) in [5.41, 5.74) is 3.08. The first kappa shape index (κ1) is 18.3. The van der Waals surface area contributed by atoms with E-state index in [1.54, 1.807) is 0 Å². The molecule has 0 unspecified atom stereocenters. The maximum atomic E-state index is 6.22. The van der Waals surface area contributed by atoms with Crippen LogP contribution in [-0.2, 0) is 13.2 Å². The molecule has 1 N–H and O–H groups in total. The van der Waals surface area contributed by atoms with Crippen LogP contribution in [0.15, 0.2) is 75.7 Å². The molecule has 0 radical (unpaired) electrons. The number of hydrogen-bond acceptors (Lipinski definition) is 2. The summed E-state index contributed by atoms with van der Waals surface area (Å²) in [6.07, 6.45) is 0. The van der Waals surface area contributed by atoms with Crippen LogP contribution in [0.2, 0.25) is 5.02 Å². The van der Waals surface area contributed by atoms with Crippen molar-refractivity contribution in [1.29, 1.82) is 0 Å². The maximum absolute atomic E-state index is 6.22. The molecule has 5 heteroatoms. The van der Waals surface area contributed by atoms with E-state index in [0.717, 1.165) is 31.5 Å². The fourth-order valence-corrected chi connectivity index (χ4v) is 4.04. The molecular weight excluding hydrogens is 465 g/mol. The Morgan fingerprint density at radius 1 is 0.880 bits per heavy atom. The van der Waals surface area contributed by atoms with Crippen molar-refractivity contribution in [2.45, 2.75) is 13.2 Å². The molecule has 0 aromatic heterocycles. The van der Waals surface area contributed by atoms with Gasteiger partial charge in [-0.2, -0.15) is 0 Å². The molecule has 0 spiro atoms. The number of ether oxygens (including phenoxy) is 1. The lowest BCUT2D eigenvalue weighted by atomic mass is 10.2. The van der Waals surface area contributed by atoms with E-state index in [0.29, 0.717) is 18.2 Å². The van der Waals surface area contributed by atoms with Crippen LogP contribution < -0.4 is 10.1 Å². The number of hydrogen-bond donors (Lipinski definition) is 1. The van der Waals surface area contributed by atoms with Crippen molar-refractivity contribution in [3.05, 3.63) is 91.8 Å². The van der Waals surface area contributed by atoms with Crippen LogP contribution in [0.5, 0.6) is 5.75 Å². The molecule has 3 rings (SSSR count). The third kappa shape index (κ3) is 5.00. The monoisotopic (exact) mass is 479 g/mol. The normalized spacial score (nSPS) is 10.5. The number of halogens is 3. The van der Waals surface area contributed by atoms with Crippen molar-refractivity contribution in [1.82, 2.24) is 0 Å². The molecular formula is C20H16Br2ClNO. The second kappa shape index (κ2) is 8.75. The Hall–Kier alpha value is -1.49. The second-order valence-electron chi connectivity index (χ2n) is 5.48. The summed E-state index contributed by atoms with van der Waals surface area (Å²) in [6, 6.07) is 21.8. The molecule has 0 aliphatic heterocycles. The van der Waals surface area contributed by atoms with Gasteiger partial charge in [-0.05, 0) is 46.3 Å². The highest BCUT2D eigenvalue weighted by Crippen LogP contribution is 2.34. The second-order valence-corrected chi connectivity index (χ2v) is 7.65. The van der Waals surface area contributed by atoms with Gasteiger partial charge < -0.3 is 10.1 Å². The van der Waals surface area contributed by atoms with Gasteiger partial charge in [0.05, 0.1) is 4.47 Å². The number of anilines is 1. The van der Waals surface area contributed by atoms with Gasteiger partial charge in [-0.15, -0.1) is 0 Å². The minimum absolute atomic E-state index is 0.415. The predicted molar refractivity (Wildman–Crippen MR) is 111 cm³/mol. The zero-order valence-electron chi connectivity index (χ0n) is 13.3. The van der Waals surface area contributed by atoms with Gasteiger partial charge in [-0.3, -0.25) is 0 Å². The molecule has 3 aromatic rings. The van der Waals surface area contributed by atoms with Gasteiger partial charge in [0.1, 0.15) is 12.4 Å². The van der Waals surface area contributed by atoms with Gasteiger partial charge in [0.2, 0.25) is 0 Å². The molecule has 3 aromatic carbocycles. The summed E-state index contributed by atoms with van der Waals surface area (Å²) in [4.78, 5) is 0. The van der Waals surface area contributed by atoms with E-state index in [-0.39, 0.29) is 0 Å². The van der Waals surface area contributed by atoms with Crippen LogP contribution in [0.1, 0.15) is 11.1 Å². The van der Waals surface area contributed by atoms with Crippen LogP contribution in [0.4, 0.5) is 5.69 Å². The standard InChI is InChI=1S/C20H16Br2ClNO/c21-16-10-15(12-24-17-7-2-1-3-8-17)20(18(22)11-16)25-13-14-6-4-5-9-19(14)23/h1-11,24H,12-13H2. The lowest BCUT2D eigenvalue weighted by molar-refractivity contribution is 0.301. The van der Waals surface area contributed by atoms with Crippen molar-refractivity contribution in [3.8, 4) is 5.75 Å². The van der Waals surface area contributed by atoms with Gasteiger partial charge in [0.15, 0.2) is 0 Å². The SMILES string of the molecule is Clc1ccccc1COc1c(Br)cc(Br)cc1CNc1ccccc1. The summed E-state index contributed by atoms with van der Waals surface area (Å²) < 4.78 is 7.98. The first-order chi connectivity index (χ1) is 12.1. The van der Waals surface area contributed by atoms with Crippen LogP contribution in [0.3, 0.4) is 0 Å².